The average Bonchev–Trinajstić information content (AvgIpc) is 3.06. The maximum Gasteiger partial charge on any atom is 0.255 e. The topological polar surface area (TPSA) is 61.4 Å². The zero-order chi connectivity index (χ0) is 19.7. The SMILES string of the molecule is Cc1ccc(C(=O)N(C)C2CC3CCC(C2)N3)cc1NC(=O)c1ccccc1. The van der Waals surface area contributed by atoms with E-state index in [4.69, 9.17) is 0 Å². The number of hydrogen-bond donors (Lipinski definition) is 2. The highest BCUT2D eigenvalue weighted by Crippen LogP contribution is 2.30. The number of hydrogen-bond acceptors (Lipinski definition) is 3. The lowest BCUT2D eigenvalue weighted by Crippen LogP contribution is -2.48. The van der Waals surface area contributed by atoms with Crippen LogP contribution in [-0.2, 0) is 0 Å². The molecule has 5 heteroatoms. The van der Waals surface area contributed by atoms with Crippen molar-refractivity contribution in [3.05, 3.63) is 65.2 Å². The normalized spacial score (nSPS) is 23.3. The summed E-state index contributed by atoms with van der Waals surface area (Å²) in [6.45, 7) is 1.93. The lowest BCUT2D eigenvalue weighted by atomic mass is 9.97. The summed E-state index contributed by atoms with van der Waals surface area (Å²) in [7, 11) is 1.90. The Kier molecular flexibility index (Phi) is 5.18. The standard InChI is InChI=1S/C23H27N3O2/c1-15-8-9-17(12-21(15)25-22(27)16-6-4-3-5-7-16)23(28)26(2)20-13-18-10-11-19(14-20)24-18/h3-9,12,18-20,24H,10-11,13-14H2,1-2H3,(H,25,27). The summed E-state index contributed by atoms with van der Waals surface area (Å²) in [5.74, 6) is -0.155. The monoisotopic (exact) mass is 377 g/mol. The van der Waals surface area contributed by atoms with Gasteiger partial charge in [-0.3, -0.25) is 9.59 Å². The number of nitrogens with one attached hydrogen (secondary N) is 2. The van der Waals surface area contributed by atoms with Crippen molar-refractivity contribution in [1.29, 1.82) is 0 Å². The quantitative estimate of drug-likeness (QED) is 0.856. The Hall–Kier alpha value is -2.66. The zero-order valence-electron chi connectivity index (χ0n) is 16.4. The van der Waals surface area contributed by atoms with Gasteiger partial charge in [0, 0.05) is 42.0 Å². The number of anilines is 1. The van der Waals surface area contributed by atoms with Gasteiger partial charge in [0.25, 0.3) is 11.8 Å². The number of carbonyl (C=O) groups excluding carboxylic acids is 2. The molecule has 4 rings (SSSR count). The van der Waals surface area contributed by atoms with E-state index in [2.05, 4.69) is 10.6 Å². The predicted octanol–water partition coefficient (Wildman–Crippen LogP) is 3.60. The Morgan fingerprint density at radius 3 is 2.36 bits per heavy atom. The third-order valence-corrected chi connectivity index (χ3v) is 6.08. The zero-order valence-corrected chi connectivity index (χ0v) is 16.4. The molecule has 2 aromatic rings. The van der Waals surface area contributed by atoms with Crippen LogP contribution < -0.4 is 10.6 Å². The number of aryl methyl sites for hydroxylation is 1. The Morgan fingerprint density at radius 2 is 1.68 bits per heavy atom. The van der Waals surface area contributed by atoms with Crippen molar-refractivity contribution in [3.63, 3.8) is 0 Å². The Bertz CT molecular complexity index is 869. The highest BCUT2D eigenvalue weighted by Gasteiger charge is 2.36. The van der Waals surface area contributed by atoms with Gasteiger partial charge in [0.1, 0.15) is 0 Å². The molecule has 2 amide bonds. The molecule has 2 atom stereocenters. The van der Waals surface area contributed by atoms with Gasteiger partial charge in [0.15, 0.2) is 0 Å². The van der Waals surface area contributed by atoms with Crippen molar-refractivity contribution in [3.8, 4) is 0 Å². The molecule has 0 radical (unpaired) electrons. The fraction of sp³-hybridized carbons (Fsp3) is 0.391. The fourth-order valence-electron chi connectivity index (χ4n) is 4.39. The number of nitrogens with zero attached hydrogens (tertiary/aromatic N) is 1. The largest absolute Gasteiger partial charge is 0.339 e. The molecule has 0 saturated carbocycles. The second kappa shape index (κ2) is 7.76. The van der Waals surface area contributed by atoms with Crippen molar-refractivity contribution < 1.29 is 9.59 Å². The molecule has 2 saturated heterocycles. The lowest BCUT2D eigenvalue weighted by Gasteiger charge is -2.35. The van der Waals surface area contributed by atoms with Gasteiger partial charge in [-0.2, -0.15) is 0 Å². The van der Waals surface area contributed by atoms with Crippen LogP contribution in [0.25, 0.3) is 0 Å². The molecule has 0 aliphatic carbocycles. The van der Waals surface area contributed by atoms with Crippen LogP contribution in [0.2, 0.25) is 0 Å². The van der Waals surface area contributed by atoms with E-state index in [-0.39, 0.29) is 17.9 Å². The number of carbonyl (C=O) groups is 2. The number of piperidine rings is 1. The summed E-state index contributed by atoms with van der Waals surface area (Å²) in [5.41, 5.74) is 2.82. The molecular formula is C23H27N3O2. The first-order chi connectivity index (χ1) is 13.5. The first kappa shape index (κ1) is 18.7. The molecule has 0 aromatic heterocycles. The van der Waals surface area contributed by atoms with Crippen molar-refractivity contribution in [2.75, 3.05) is 12.4 Å². The smallest absolute Gasteiger partial charge is 0.255 e. The second-order valence-corrected chi connectivity index (χ2v) is 8.03. The van der Waals surface area contributed by atoms with Crippen LogP contribution in [0, 0.1) is 6.92 Å². The summed E-state index contributed by atoms with van der Waals surface area (Å²) in [4.78, 5) is 27.5. The van der Waals surface area contributed by atoms with Crippen LogP contribution in [0.1, 0.15) is 52.0 Å². The third-order valence-electron chi connectivity index (χ3n) is 6.08. The maximum atomic E-state index is 13.1. The lowest BCUT2D eigenvalue weighted by molar-refractivity contribution is 0.0681. The number of benzene rings is 2. The summed E-state index contributed by atoms with van der Waals surface area (Å²) in [6, 6.07) is 16.0. The van der Waals surface area contributed by atoms with Gasteiger partial charge in [0.05, 0.1) is 0 Å². The minimum Gasteiger partial charge on any atom is -0.339 e. The molecule has 28 heavy (non-hydrogen) atoms. The van der Waals surface area contributed by atoms with E-state index in [0.717, 1.165) is 18.4 Å². The molecule has 2 heterocycles. The van der Waals surface area contributed by atoms with Crippen LogP contribution in [-0.4, -0.2) is 41.9 Å². The summed E-state index contributed by atoms with van der Waals surface area (Å²) < 4.78 is 0. The van der Waals surface area contributed by atoms with E-state index in [9.17, 15) is 9.59 Å². The number of fused-ring (bicyclic) bond motifs is 2. The molecule has 0 spiro atoms. The number of rotatable bonds is 4. The molecular weight excluding hydrogens is 350 g/mol. The van der Waals surface area contributed by atoms with E-state index < -0.39 is 0 Å². The molecule has 2 N–H and O–H groups in total. The fourth-order valence-corrected chi connectivity index (χ4v) is 4.39. The van der Waals surface area contributed by atoms with Gasteiger partial charge >= 0.3 is 0 Å². The summed E-state index contributed by atoms with van der Waals surface area (Å²) in [6.07, 6.45) is 4.46. The molecule has 146 valence electrons. The van der Waals surface area contributed by atoms with Crippen LogP contribution in [0.4, 0.5) is 5.69 Å². The van der Waals surface area contributed by atoms with Gasteiger partial charge in [0.2, 0.25) is 0 Å². The van der Waals surface area contributed by atoms with Crippen molar-refractivity contribution >= 4 is 17.5 Å². The maximum absolute atomic E-state index is 13.1. The minimum absolute atomic E-state index is 0.0153. The first-order valence-electron chi connectivity index (χ1n) is 10.0. The molecule has 2 aliphatic rings. The average molecular weight is 377 g/mol. The first-order valence-corrected chi connectivity index (χ1v) is 10.0. The van der Waals surface area contributed by atoms with E-state index in [0.29, 0.717) is 28.9 Å². The molecule has 2 fully saturated rings. The van der Waals surface area contributed by atoms with Gasteiger partial charge in [-0.1, -0.05) is 24.3 Å². The van der Waals surface area contributed by atoms with Gasteiger partial charge < -0.3 is 15.5 Å². The van der Waals surface area contributed by atoms with E-state index in [1.54, 1.807) is 18.2 Å². The van der Waals surface area contributed by atoms with Crippen LogP contribution >= 0.6 is 0 Å². The van der Waals surface area contributed by atoms with Crippen LogP contribution in [0.5, 0.6) is 0 Å². The van der Waals surface area contributed by atoms with Crippen molar-refractivity contribution in [1.82, 2.24) is 10.2 Å². The van der Waals surface area contributed by atoms with Gasteiger partial charge in [-0.25, -0.2) is 0 Å². The van der Waals surface area contributed by atoms with Crippen LogP contribution in [0.15, 0.2) is 48.5 Å². The Morgan fingerprint density at radius 1 is 1.00 bits per heavy atom. The minimum atomic E-state index is -0.170. The van der Waals surface area contributed by atoms with E-state index >= 15 is 0 Å². The molecule has 2 unspecified atom stereocenters. The molecule has 2 aromatic carbocycles. The third kappa shape index (κ3) is 3.80. The molecule has 2 aliphatic heterocycles. The van der Waals surface area contributed by atoms with Crippen molar-refractivity contribution in [2.24, 2.45) is 0 Å². The highest BCUT2D eigenvalue weighted by molar-refractivity contribution is 6.05. The van der Waals surface area contributed by atoms with Gasteiger partial charge in [-0.05, 0) is 62.4 Å². The Balaban J connectivity index is 1.49. The predicted molar refractivity (Wildman–Crippen MR) is 111 cm³/mol. The Labute approximate surface area is 166 Å². The number of amides is 2. The summed E-state index contributed by atoms with van der Waals surface area (Å²) in [5, 5.41) is 6.57. The van der Waals surface area contributed by atoms with Crippen LogP contribution in [0.3, 0.4) is 0 Å². The van der Waals surface area contributed by atoms with E-state index in [1.807, 2.05) is 49.2 Å². The van der Waals surface area contributed by atoms with Gasteiger partial charge in [-0.15, -0.1) is 0 Å². The second-order valence-electron chi connectivity index (χ2n) is 8.03. The molecule has 2 bridgehead atoms. The van der Waals surface area contributed by atoms with Crippen molar-refractivity contribution in [2.45, 2.75) is 50.7 Å². The summed E-state index contributed by atoms with van der Waals surface area (Å²) >= 11 is 0. The molecule has 5 nitrogen and oxygen atoms in total. The highest BCUT2D eigenvalue weighted by atomic mass is 16.2. The van der Waals surface area contributed by atoms with E-state index in [1.165, 1.54) is 12.8 Å².